The van der Waals surface area contributed by atoms with E-state index in [0.717, 1.165) is 19.3 Å². The first-order valence-corrected chi connectivity index (χ1v) is 4.59. The normalized spacial score (nSPS) is 27.2. The van der Waals surface area contributed by atoms with Crippen molar-refractivity contribution in [3.63, 3.8) is 0 Å². The highest BCUT2D eigenvalue weighted by Crippen LogP contribution is 2.24. The van der Waals surface area contributed by atoms with Gasteiger partial charge in [0, 0.05) is 6.04 Å². The van der Waals surface area contributed by atoms with E-state index in [1.807, 2.05) is 0 Å². The zero-order chi connectivity index (χ0) is 9.84. The lowest BCUT2D eigenvalue weighted by Gasteiger charge is -2.10. The summed E-state index contributed by atoms with van der Waals surface area (Å²) >= 11 is 0. The van der Waals surface area contributed by atoms with E-state index < -0.39 is 12.4 Å². The number of carbonyl (C=O) groups excluding carboxylic acids is 1. The maximum absolute atomic E-state index is 11.0. The van der Waals surface area contributed by atoms with Gasteiger partial charge in [-0.15, -0.1) is 0 Å². The molecule has 0 aromatic rings. The third-order valence-corrected chi connectivity index (χ3v) is 2.37. The van der Waals surface area contributed by atoms with E-state index in [0.29, 0.717) is 5.92 Å². The molecule has 1 amide bonds. The molecule has 2 unspecified atom stereocenters. The molecule has 2 N–H and O–H groups in total. The Kier molecular flexibility index (Phi) is 3.28. The monoisotopic (exact) mass is 185 g/mol. The van der Waals surface area contributed by atoms with Crippen LogP contribution < -0.4 is 5.32 Å². The molecule has 0 aromatic carbocycles. The first-order chi connectivity index (χ1) is 6.08. The van der Waals surface area contributed by atoms with Crippen LogP contribution in [0, 0.1) is 5.92 Å². The summed E-state index contributed by atoms with van der Waals surface area (Å²) in [6.07, 6.45) is 2.67. The molecule has 0 aliphatic heterocycles. The third-order valence-electron chi connectivity index (χ3n) is 2.37. The van der Waals surface area contributed by atoms with Gasteiger partial charge in [-0.05, 0) is 25.2 Å². The van der Waals surface area contributed by atoms with Crippen molar-refractivity contribution in [3.8, 4) is 0 Å². The molecule has 74 valence electrons. The standard InChI is InChI=1S/C9H15NO3/c1-6-2-3-7(4-6)10-8(11)5-9(12)13/h6-7H,2-5H2,1H3,(H,10,11)(H,12,13). The Balaban J connectivity index is 2.24. The molecule has 0 radical (unpaired) electrons. The first-order valence-electron chi connectivity index (χ1n) is 4.59. The maximum atomic E-state index is 11.0. The van der Waals surface area contributed by atoms with Gasteiger partial charge in [-0.3, -0.25) is 9.59 Å². The van der Waals surface area contributed by atoms with Crippen molar-refractivity contribution in [2.45, 2.75) is 38.6 Å². The molecule has 0 heterocycles. The van der Waals surface area contributed by atoms with Crippen LogP contribution >= 0.6 is 0 Å². The predicted molar refractivity (Wildman–Crippen MR) is 47.2 cm³/mol. The van der Waals surface area contributed by atoms with Gasteiger partial charge in [-0.1, -0.05) is 6.92 Å². The fourth-order valence-corrected chi connectivity index (χ4v) is 1.75. The number of carboxylic acids is 1. The van der Waals surface area contributed by atoms with Crippen LogP contribution in [0.1, 0.15) is 32.6 Å². The lowest BCUT2D eigenvalue weighted by molar-refractivity contribution is -0.140. The summed E-state index contributed by atoms with van der Waals surface area (Å²) in [6, 6.07) is 0.196. The topological polar surface area (TPSA) is 66.4 Å². The summed E-state index contributed by atoms with van der Waals surface area (Å²) in [7, 11) is 0. The van der Waals surface area contributed by atoms with Crippen molar-refractivity contribution in [1.82, 2.24) is 5.32 Å². The quantitative estimate of drug-likeness (QED) is 0.638. The Bertz CT molecular complexity index is 215. The van der Waals surface area contributed by atoms with E-state index in [1.54, 1.807) is 0 Å². The van der Waals surface area contributed by atoms with Gasteiger partial charge in [0.15, 0.2) is 0 Å². The highest BCUT2D eigenvalue weighted by molar-refractivity contribution is 5.93. The van der Waals surface area contributed by atoms with Gasteiger partial charge in [-0.2, -0.15) is 0 Å². The molecule has 0 spiro atoms. The average molecular weight is 185 g/mol. The fraction of sp³-hybridized carbons (Fsp3) is 0.778. The van der Waals surface area contributed by atoms with Gasteiger partial charge in [0.1, 0.15) is 6.42 Å². The number of amides is 1. The van der Waals surface area contributed by atoms with Crippen molar-refractivity contribution >= 4 is 11.9 Å². The van der Waals surface area contributed by atoms with E-state index in [2.05, 4.69) is 12.2 Å². The van der Waals surface area contributed by atoms with Crippen LogP contribution in [0.3, 0.4) is 0 Å². The second kappa shape index (κ2) is 4.25. The Morgan fingerprint density at radius 1 is 1.46 bits per heavy atom. The minimum atomic E-state index is -1.07. The average Bonchev–Trinajstić information content (AvgIpc) is 2.33. The van der Waals surface area contributed by atoms with Crippen LogP contribution in [-0.4, -0.2) is 23.0 Å². The minimum Gasteiger partial charge on any atom is -0.481 e. The molecular weight excluding hydrogens is 170 g/mol. The molecule has 0 saturated heterocycles. The SMILES string of the molecule is CC1CCC(NC(=O)CC(=O)O)C1. The highest BCUT2D eigenvalue weighted by atomic mass is 16.4. The molecule has 1 rings (SSSR count). The van der Waals surface area contributed by atoms with Crippen molar-refractivity contribution in [3.05, 3.63) is 0 Å². The third kappa shape index (κ3) is 3.44. The molecule has 4 heteroatoms. The molecule has 1 saturated carbocycles. The summed E-state index contributed by atoms with van der Waals surface area (Å²) in [5.74, 6) is -0.787. The zero-order valence-electron chi connectivity index (χ0n) is 7.75. The summed E-state index contributed by atoms with van der Waals surface area (Å²) < 4.78 is 0. The largest absolute Gasteiger partial charge is 0.481 e. The van der Waals surface area contributed by atoms with E-state index in [9.17, 15) is 9.59 Å². The van der Waals surface area contributed by atoms with E-state index in [4.69, 9.17) is 5.11 Å². The summed E-state index contributed by atoms with van der Waals surface area (Å²) in [5, 5.41) is 11.1. The van der Waals surface area contributed by atoms with Crippen molar-refractivity contribution in [1.29, 1.82) is 0 Å². The molecule has 0 bridgehead atoms. The lowest BCUT2D eigenvalue weighted by Crippen LogP contribution is -2.34. The Morgan fingerprint density at radius 2 is 2.15 bits per heavy atom. The molecule has 1 aliphatic rings. The number of rotatable bonds is 3. The minimum absolute atomic E-state index is 0.196. The predicted octanol–water partition coefficient (Wildman–Crippen LogP) is 0.766. The number of carboxylic acid groups (broad SMARTS) is 1. The van der Waals surface area contributed by atoms with E-state index in [1.165, 1.54) is 0 Å². The molecule has 13 heavy (non-hydrogen) atoms. The molecular formula is C9H15NO3. The summed E-state index contributed by atoms with van der Waals surface area (Å²) in [4.78, 5) is 21.2. The smallest absolute Gasteiger partial charge is 0.312 e. The van der Waals surface area contributed by atoms with E-state index in [-0.39, 0.29) is 11.9 Å². The number of hydrogen-bond acceptors (Lipinski definition) is 2. The number of carbonyl (C=O) groups is 2. The molecule has 1 aliphatic carbocycles. The highest BCUT2D eigenvalue weighted by Gasteiger charge is 2.23. The van der Waals surface area contributed by atoms with Crippen molar-refractivity contribution < 1.29 is 14.7 Å². The zero-order valence-corrected chi connectivity index (χ0v) is 7.75. The van der Waals surface area contributed by atoms with Gasteiger partial charge in [0.25, 0.3) is 0 Å². The van der Waals surface area contributed by atoms with Crippen LogP contribution in [-0.2, 0) is 9.59 Å². The molecule has 2 atom stereocenters. The number of nitrogens with one attached hydrogen (secondary N) is 1. The van der Waals surface area contributed by atoms with Gasteiger partial charge in [-0.25, -0.2) is 0 Å². The van der Waals surface area contributed by atoms with Gasteiger partial charge in [0.05, 0.1) is 0 Å². The van der Waals surface area contributed by atoms with Crippen LogP contribution in [0.15, 0.2) is 0 Å². The van der Waals surface area contributed by atoms with Crippen molar-refractivity contribution in [2.24, 2.45) is 5.92 Å². The van der Waals surface area contributed by atoms with Crippen molar-refractivity contribution in [2.75, 3.05) is 0 Å². The Hall–Kier alpha value is -1.06. The molecule has 0 aromatic heterocycles. The number of hydrogen-bond donors (Lipinski definition) is 2. The van der Waals surface area contributed by atoms with Gasteiger partial charge >= 0.3 is 5.97 Å². The van der Waals surface area contributed by atoms with Gasteiger partial charge in [0.2, 0.25) is 5.91 Å². The molecule has 1 fully saturated rings. The van der Waals surface area contributed by atoms with Crippen LogP contribution in [0.2, 0.25) is 0 Å². The van der Waals surface area contributed by atoms with Crippen LogP contribution in [0.5, 0.6) is 0 Å². The summed E-state index contributed by atoms with van der Waals surface area (Å²) in [6.45, 7) is 2.14. The Labute approximate surface area is 77.3 Å². The molecule has 4 nitrogen and oxygen atoms in total. The van der Waals surface area contributed by atoms with Crippen LogP contribution in [0.25, 0.3) is 0 Å². The fourth-order valence-electron chi connectivity index (χ4n) is 1.75. The number of aliphatic carboxylic acids is 1. The second-order valence-electron chi connectivity index (χ2n) is 3.75. The van der Waals surface area contributed by atoms with Gasteiger partial charge < -0.3 is 10.4 Å². The second-order valence-corrected chi connectivity index (χ2v) is 3.75. The van der Waals surface area contributed by atoms with Crippen LogP contribution in [0.4, 0.5) is 0 Å². The lowest BCUT2D eigenvalue weighted by atomic mass is 10.1. The maximum Gasteiger partial charge on any atom is 0.312 e. The summed E-state index contributed by atoms with van der Waals surface area (Å²) in [5.41, 5.74) is 0. The Morgan fingerprint density at radius 3 is 2.62 bits per heavy atom. The first kappa shape index (κ1) is 10.0. The van der Waals surface area contributed by atoms with E-state index >= 15 is 0 Å².